The number of hydrogen-bond donors (Lipinski definition) is 4. The number of rotatable bonds is 30. The molecule has 4 aromatic heterocycles. The number of carbonyl (C=O) groups is 11. The lowest BCUT2D eigenvalue weighted by Crippen LogP contribution is -2.36. The normalized spacial score (nSPS) is 14.0. The zero-order chi connectivity index (χ0) is 69.1. The maximum atomic E-state index is 14.5. The van der Waals surface area contributed by atoms with Crippen LogP contribution in [0.1, 0.15) is 145 Å². The van der Waals surface area contributed by atoms with E-state index < -0.39 is 90.5 Å². The number of ether oxygens (including phenoxy) is 11. The number of allylic oxidation sites excluding steroid dienone is 1. The van der Waals surface area contributed by atoms with Crippen LogP contribution in [0.15, 0.2) is 46.5 Å². The molecule has 0 radical (unpaired) electrons. The number of aromatic nitrogens is 4. The minimum Gasteiger partial charge on any atom is -0.469 e. The number of aromatic amines is 4. The summed E-state index contributed by atoms with van der Waals surface area (Å²) in [6.45, 7) is -0.160. The number of H-pyrrole nitrogens is 4. The van der Waals surface area contributed by atoms with Gasteiger partial charge in [-0.05, 0) is 93.3 Å². The van der Waals surface area contributed by atoms with Crippen LogP contribution < -0.4 is 0 Å². The number of benzene rings is 1. The number of hydrogen-bond acceptors (Lipinski definition) is 23. The van der Waals surface area contributed by atoms with Crippen molar-refractivity contribution in [3.05, 3.63) is 137 Å². The smallest absolute Gasteiger partial charge is 0.355 e. The molecule has 27 heteroatoms. The van der Waals surface area contributed by atoms with Crippen LogP contribution in [0, 0.1) is 0 Å². The van der Waals surface area contributed by atoms with Crippen LogP contribution in [0.25, 0.3) is 0 Å². The highest BCUT2D eigenvalue weighted by Gasteiger charge is 2.46. The minimum atomic E-state index is -1.76. The van der Waals surface area contributed by atoms with Gasteiger partial charge in [-0.15, -0.1) is 0 Å². The molecule has 2 aliphatic rings. The first-order valence-electron chi connectivity index (χ1n) is 30.7. The van der Waals surface area contributed by atoms with Crippen LogP contribution >= 0.6 is 0 Å². The highest BCUT2D eigenvalue weighted by Crippen LogP contribution is 2.46. The summed E-state index contributed by atoms with van der Waals surface area (Å²) >= 11 is 0. The third-order valence-corrected chi connectivity index (χ3v) is 17.3. The fourth-order valence-corrected chi connectivity index (χ4v) is 12.5. The molecule has 1 unspecified atom stereocenters. The van der Waals surface area contributed by atoms with Crippen LogP contribution in [-0.4, -0.2) is 168 Å². The molecular weight excluding hydrogens is 1240 g/mol. The van der Waals surface area contributed by atoms with Gasteiger partial charge in [0.2, 0.25) is 0 Å². The first-order valence-corrected chi connectivity index (χ1v) is 30.7. The molecule has 1 aromatic carbocycles. The van der Waals surface area contributed by atoms with Crippen molar-refractivity contribution < 1.29 is 105 Å². The Morgan fingerprint density at radius 3 is 1.17 bits per heavy atom. The van der Waals surface area contributed by atoms with E-state index >= 15 is 0 Å². The molecule has 1 atom stereocenters. The second-order valence-electron chi connectivity index (χ2n) is 22.7. The number of aliphatic imine (C=N–C) groups is 1. The molecule has 0 saturated heterocycles. The zero-order valence-corrected chi connectivity index (χ0v) is 55.2. The van der Waals surface area contributed by atoms with Crippen molar-refractivity contribution in [1.29, 1.82) is 0 Å². The molecule has 27 nitrogen and oxygen atoms in total. The lowest BCUT2D eigenvalue weighted by atomic mass is 9.77. The summed E-state index contributed by atoms with van der Waals surface area (Å²) in [4.78, 5) is 170. The molecule has 510 valence electrons. The number of carbonyl (C=O) groups excluding carboxylic acids is 11. The van der Waals surface area contributed by atoms with Crippen LogP contribution in [0.5, 0.6) is 0 Å². The number of nitrogens with zero attached hydrogens (tertiary/aromatic N) is 1. The van der Waals surface area contributed by atoms with Gasteiger partial charge in [-0.3, -0.25) is 52.9 Å². The standard InChI is InChI=1S/C68H81N5O22/c1-85-56(74)21-16-38-43(26-61(79)90-6)50-32-49-39(17-22-57(75)86-2)45(28-63(81)92-8)55(70-49)35-68(34-54-40(18-23-58(76)87-3)44(27-62(80)91-7)51(71-54)31-48(38)69-50)47(30-65(83)94-10)42(20-25-60(78)89-5)53(73-68)33-52-46(29-64(82)93-9)41(19-24-59(77)88-4)66(72-52)67(84)95-36-37-14-12-11-13-15-37/h11-15,69-72H,16-36H2,1-10H3. The third kappa shape index (κ3) is 18.0. The first-order chi connectivity index (χ1) is 45.6. The largest absolute Gasteiger partial charge is 0.469 e. The Morgan fingerprint density at radius 1 is 0.389 bits per heavy atom. The molecular formula is C68H81N5O22. The highest BCUT2D eigenvalue weighted by molar-refractivity contribution is 6.06. The molecule has 4 N–H and O–H groups in total. The van der Waals surface area contributed by atoms with E-state index in [0.29, 0.717) is 84.3 Å². The van der Waals surface area contributed by atoms with E-state index in [0.717, 1.165) is 0 Å². The number of nitrogens with one attached hydrogen (secondary N) is 4. The van der Waals surface area contributed by atoms with Gasteiger partial charge >= 0.3 is 65.7 Å². The van der Waals surface area contributed by atoms with Gasteiger partial charge in [-0.25, -0.2) is 4.79 Å². The molecule has 0 amide bonds. The predicted octanol–water partition coefficient (Wildman–Crippen LogP) is 5.17. The third-order valence-electron chi connectivity index (χ3n) is 17.3. The zero-order valence-electron chi connectivity index (χ0n) is 55.2. The van der Waals surface area contributed by atoms with Gasteiger partial charge in [-0.2, -0.15) is 0 Å². The summed E-state index contributed by atoms with van der Waals surface area (Å²) in [6, 6.07) is 8.88. The van der Waals surface area contributed by atoms with E-state index in [1.165, 1.54) is 71.1 Å². The molecule has 0 aliphatic carbocycles. The van der Waals surface area contributed by atoms with Gasteiger partial charge in [0.15, 0.2) is 0 Å². The van der Waals surface area contributed by atoms with Crippen LogP contribution in [0.2, 0.25) is 0 Å². The average Bonchev–Trinajstić information content (AvgIpc) is 1.58. The molecule has 6 bridgehead atoms. The van der Waals surface area contributed by atoms with E-state index in [1.54, 1.807) is 30.3 Å². The molecule has 2 aliphatic heterocycles. The van der Waals surface area contributed by atoms with Gasteiger partial charge in [0.1, 0.15) is 12.3 Å². The Kier molecular flexibility index (Phi) is 25.6. The maximum absolute atomic E-state index is 14.5. The molecule has 0 saturated carbocycles. The van der Waals surface area contributed by atoms with Crippen LogP contribution in [-0.2, 0) is 190 Å². The maximum Gasteiger partial charge on any atom is 0.355 e. The van der Waals surface area contributed by atoms with Crippen molar-refractivity contribution in [3.63, 3.8) is 0 Å². The quantitative estimate of drug-likeness (QED) is 0.0340. The lowest BCUT2D eigenvalue weighted by Gasteiger charge is -2.31. The predicted molar refractivity (Wildman–Crippen MR) is 335 cm³/mol. The number of esters is 11. The SMILES string of the molecule is COC(=O)CCC1=C(CC(=O)OC)C2(Cc3[nH]c(c(CC(=O)OC)c3CCC(=O)OC)Cc3[nH]c(c(CC(=O)OC)c3CCC(=O)OC)Cc3[nH]c(c(CC(=O)OC)c3CCC(=O)OC)C2)N=C1Cc1[nH]c(C(=O)OCc2ccccc2)c(CCC(=O)OC)c1CC(=O)OC. The molecule has 7 rings (SSSR count). The van der Waals surface area contributed by atoms with Crippen molar-refractivity contribution in [2.45, 2.75) is 141 Å². The van der Waals surface area contributed by atoms with Crippen LogP contribution in [0.4, 0.5) is 0 Å². The van der Waals surface area contributed by atoms with Crippen molar-refractivity contribution in [2.24, 2.45) is 4.99 Å². The number of methoxy groups -OCH3 is 10. The summed E-state index contributed by atoms with van der Waals surface area (Å²) in [5.41, 5.74) is 5.58. The van der Waals surface area contributed by atoms with Gasteiger partial charge in [0, 0.05) is 110 Å². The van der Waals surface area contributed by atoms with Gasteiger partial charge < -0.3 is 72.0 Å². The minimum absolute atomic E-state index is 0.0188. The summed E-state index contributed by atoms with van der Waals surface area (Å²) in [6.07, 6.45) is -4.19. The first kappa shape index (κ1) is 72.3. The van der Waals surface area contributed by atoms with Crippen molar-refractivity contribution in [1.82, 2.24) is 19.9 Å². The second kappa shape index (κ2) is 33.7. The molecule has 5 aromatic rings. The fraction of sp³-hybridized carbons (Fsp3) is 0.471. The van der Waals surface area contributed by atoms with Crippen molar-refractivity contribution >= 4 is 71.4 Å². The molecule has 6 heterocycles. The summed E-state index contributed by atoms with van der Waals surface area (Å²) < 4.78 is 58.1. The topological polar surface area (TPSA) is 365 Å². The van der Waals surface area contributed by atoms with E-state index in [-0.39, 0.29) is 144 Å². The van der Waals surface area contributed by atoms with E-state index in [4.69, 9.17) is 57.1 Å². The Balaban J connectivity index is 1.65. The fourth-order valence-electron chi connectivity index (χ4n) is 12.5. The van der Waals surface area contributed by atoms with Gasteiger partial charge in [-0.1, -0.05) is 30.3 Å². The molecule has 95 heavy (non-hydrogen) atoms. The summed E-state index contributed by atoms with van der Waals surface area (Å²) in [7, 11) is 12.2. The van der Waals surface area contributed by atoms with Gasteiger partial charge in [0.25, 0.3) is 0 Å². The highest BCUT2D eigenvalue weighted by atomic mass is 16.6. The van der Waals surface area contributed by atoms with Gasteiger partial charge in [0.05, 0.1) is 109 Å². The van der Waals surface area contributed by atoms with E-state index in [2.05, 4.69) is 19.9 Å². The lowest BCUT2D eigenvalue weighted by molar-refractivity contribution is -0.141. The van der Waals surface area contributed by atoms with Crippen molar-refractivity contribution in [2.75, 3.05) is 71.1 Å². The molecule has 0 fully saturated rings. The number of fused-ring (bicyclic) bond motifs is 6. The Hall–Kier alpha value is -10.1. The van der Waals surface area contributed by atoms with E-state index in [1.807, 2.05) is 0 Å². The average molecular weight is 1320 g/mol. The second-order valence-corrected chi connectivity index (χ2v) is 22.7. The van der Waals surface area contributed by atoms with Crippen LogP contribution in [0.3, 0.4) is 0 Å². The van der Waals surface area contributed by atoms with E-state index in [9.17, 15) is 52.7 Å². The Labute approximate surface area is 548 Å². The summed E-state index contributed by atoms with van der Waals surface area (Å²) in [5, 5.41) is 0. The summed E-state index contributed by atoms with van der Waals surface area (Å²) in [5.74, 6) is -7.35. The molecule has 1 spiro atoms. The van der Waals surface area contributed by atoms with Crippen molar-refractivity contribution in [3.8, 4) is 0 Å². The Bertz CT molecular complexity index is 3780. The monoisotopic (exact) mass is 1320 g/mol. The Morgan fingerprint density at radius 2 is 0.737 bits per heavy atom.